The van der Waals surface area contributed by atoms with Crippen LogP contribution in [0.15, 0.2) is 48.5 Å². The van der Waals surface area contributed by atoms with Crippen molar-refractivity contribution in [3.63, 3.8) is 0 Å². The van der Waals surface area contributed by atoms with Crippen LogP contribution in [-0.2, 0) is 16.1 Å². The highest BCUT2D eigenvalue weighted by Crippen LogP contribution is 2.12. The molecule has 3 amide bonds. The van der Waals surface area contributed by atoms with E-state index in [0.717, 1.165) is 11.1 Å². The number of aryl methyl sites for hydroxylation is 1. The van der Waals surface area contributed by atoms with Crippen LogP contribution in [0.1, 0.15) is 28.4 Å². The van der Waals surface area contributed by atoms with Gasteiger partial charge in [0.2, 0.25) is 0 Å². The van der Waals surface area contributed by atoms with Crippen LogP contribution in [0.4, 0.5) is 10.5 Å². The Morgan fingerprint density at radius 1 is 1.12 bits per heavy atom. The maximum absolute atomic E-state index is 12.2. The van der Waals surface area contributed by atoms with Crippen molar-refractivity contribution < 1.29 is 19.1 Å². The van der Waals surface area contributed by atoms with Gasteiger partial charge in [-0.05, 0) is 37.6 Å². The maximum Gasteiger partial charge on any atom is 0.338 e. The molecule has 0 bridgehead atoms. The number of hydrogen-bond donors (Lipinski definition) is 3. The Hall–Kier alpha value is -3.35. The number of nitrogens with two attached hydrogens (primary N) is 1. The van der Waals surface area contributed by atoms with E-state index in [1.54, 1.807) is 12.1 Å². The number of benzene rings is 2. The van der Waals surface area contributed by atoms with Gasteiger partial charge in [0.1, 0.15) is 0 Å². The molecular weight excluding hydrogens is 334 g/mol. The van der Waals surface area contributed by atoms with Crippen molar-refractivity contribution in [3.05, 3.63) is 65.2 Å². The number of anilines is 1. The minimum atomic E-state index is -0.958. The average Bonchev–Trinajstić information content (AvgIpc) is 2.60. The van der Waals surface area contributed by atoms with Gasteiger partial charge in [-0.1, -0.05) is 35.9 Å². The molecule has 0 aliphatic heterocycles. The summed E-state index contributed by atoms with van der Waals surface area (Å²) in [4.78, 5) is 35.1. The fourth-order valence-corrected chi connectivity index (χ4v) is 2.19. The zero-order chi connectivity index (χ0) is 19.1. The molecule has 2 aromatic rings. The van der Waals surface area contributed by atoms with Crippen LogP contribution in [0.3, 0.4) is 0 Å². The number of hydrogen-bond acceptors (Lipinski definition) is 4. The Morgan fingerprint density at radius 3 is 2.46 bits per heavy atom. The van der Waals surface area contributed by atoms with Gasteiger partial charge < -0.3 is 21.1 Å². The topological polar surface area (TPSA) is 111 Å². The number of carbonyl (C=O) groups excluding carboxylic acids is 3. The zero-order valence-corrected chi connectivity index (χ0v) is 14.6. The van der Waals surface area contributed by atoms with Crippen LogP contribution >= 0.6 is 0 Å². The van der Waals surface area contributed by atoms with Crippen LogP contribution < -0.4 is 16.4 Å². The number of amides is 3. The van der Waals surface area contributed by atoms with Crippen LogP contribution in [0.5, 0.6) is 0 Å². The molecule has 0 spiro atoms. The first-order valence-electron chi connectivity index (χ1n) is 8.06. The molecule has 2 aromatic carbocycles. The molecule has 0 fully saturated rings. The Labute approximate surface area is 151 Å². The van der Waals surface area contributed by atoms with E-state index in [-0.39, 0.29) is 5.56 Å². The van der Waals surface area contributed by atoms with Crippen LogP contribution in [0, 0.1) is 6.92 Å². The highest BCUT2D eigenvalue weighted by molar-refractivity contribution is 5.94. The molecule has 7 nitrogen and oxygen atoms in total. The van der Waals surface area contributed by atoms with Crippen LogP contribution in [-0.4, -0.2) is 24.0 Å². The van der Waals surface area contributed by atoms with E-state index in [9.17, 15) is 14.4 Å². The first kappa shape index (κ1) is 19.0. The summed E-state index contributed by atoms with van der Waals surface area (Å²) in [6, 6.07) is 13.1. The summed E-state index contributed by atoms with van der Waals surface area (Å²) in [5.41, 5.74) is 7.70. The number of esters is 1. The Kier molecular flexibility index (Phi) is 6.32. The largest absolute Gasteiger partial charge is 0.449 e. The van der Waals surface area contributed by atoms with Crippen LogP contribution in [0.25, 0.3) is 0 Å². The lowest BCUT2D eigenvalue weighted by atomic mass is 10.1. The molecule has 7 heteroatoms. The molecule has 26 heavy (non-hydrogen) atoms. The maximum atomic E-state index is 12.2. The SMILES string of the molecule is Cc1ccc(CNC(=O)[C@@H](C)OC(=O)c2cccc(NC(N)=O)c2)cc1. The quantitative estimate of drug-likeness (QED) is 0.691. The van der Waals surface area contributed by atoms with Gasteiger partial charge in [0.25, 0.3) is 5.91 Å². The van der Waals surface area contributed by atoms with Gasteiger partial charge in [-0.3, -0.25) is 4.79 Å². The van der Waals surface area contributed by atoms with Gasteiger partial charge in [0.05, 0.1) is 5.56 Å². The molecular formula is C19H21N3O4. The van der Waals surface area contributed by atoms with Gasteiger partial charge >= 0.3 is 12.0 Å². The number of urea groups is 1. The highest BCUT2D eigenvalue weighted by atomic mass is 16.5. The Morgan fingerprint density at radius 2 is 1.81 bits per heavy atom. The smallest absolute Gasteiger partial charge is 0.338 e. The van der Waals surface area contributed by atoms with E-state index in [1.165, 1.54) is 19.1 Å². The molecule has 0 aromatic heterocycles. The fourth-order valence-electron chi connectivity index (χ4n) is 2.19. The van der Waals surface area contributed by atoms with Gasteiger partial charge in [0.15, 0.2) is 6.10 Å². The molecule has 0 saturated heterocycles. The van der Waals surface area contributed by atoms with E-state index in [0.29, 0.717) is 12.2 Å². The van der Waals surface area contributed by atoms with Crippen molar-refractivity contribution in [3.8, 4) is 0 Å². The van der Waals surface area contributed by atoms with Crippen molar-refractivity contribution in [2.75, 3.05) is 5.32 Å². The van der Waals surface area contributed by atoms with E-state index < -0.39 is 24.0 Å². The Bertz CT molecular complexity index is 803. The summed E-state index contributed by atoms with van der Waals surface area (Å²) in [5.74, 6) is -1.07. The first-order valence-corrected chi connectivity index (χ1v) is 8.06. The van der Waals surface area contributed by atoms with E-state index >= 15 is 0 Å². The standard InChI is InChI=1S/C19H21N3O4/c1-12-6-8-14(9-7-12)11-21-17(23)13(2)26-18(24)15-4-3-5-16(10-15)22-19(20)25/h3-10,13H,11H2,1-2H3,(H,21,23)(H3,20,22,25)/t13-/m1/s1. The first-order chi connectivity index (χ1) is 12.3. The molecule has 0 saturated carbocycles. The molecule has 4 N–H and O–H groups in total. The summed E-state index contributed by atoms with van der Waals surface area (Å²) in [6.45, 7) is 3.82. The van der Waals surface area contributed by atoms with Crippen molar-refractivity contribution in [1.82, 2.24) is 5.32 Å². The van der Waals surface area contributed by atoms with Crippen molar-refractivity contribution in [2.45, 2.75) is 26.5 Å². The molecule has 0 heterocycles. The number of rotatable bonds is 6. The third kappa shape index (κ3) is 5.62. The van der Waals surface area contributed by atoms with Crippen molar-refractivity contribution in [2.24, 2.45) is 5.73 Å². The predicted octanol–water partition coefficient (Wildman–Crippen LogP) is 2.35. The number of primary amides is 1. The molecule has 0 aliphatic rings. The summed E-state index contributed by atoms with van der Waals surface area (Å²) in [6.07, 6.45) is -0.958. The second-order valence-corrected chi connectivity index (χ2v) is 5.82. The van der Waals surface area contributed by atoms with E-state index in [2.05, 4.69) is 10.6 Å². The van der Waals surface area contributed by atoms with E-state index in [4.69, 9.17) is 10.5 Å². The van der Waals surface area contributed by atoms with Gasteiger partial charge in [-0.25, -0.2) is 9.59 Å². The summed E-state index contributed by atoms with van der Waals surface area (Å²) in [5, 5.41) is 5.09. The van der Waals surface area contributed by atoms with Gasteiger partial charge in [-0.15, -0.1) is 0 Å². The van der Waals surface area contributed by atoms with Gasteiger partial charge in [-0.2, -0.15) is 0 Å². The molecule has 136 valence electrons. The summed E-state index contributed by atoms with van der Waals surface area (Å²) >= 11 is 0. The monoisotopic (exact) mass is 355 g/mol. The third-order valence-electron chi connectivity index (χ3n) is 3.61. The lowest BCUT2D eigenvalue weighted by molar-refractivity contribution is -0.129. The number of ether oxygens (including phenoxy) is 1. The zero-order valence-electron chi connectivity index (χ0n) is 14.6. The van der Waals surface area contributed by atoms with E-state index in [1.807, 2.05) is 31.2 Å². The highest BCUT2D eigenvalue weighted by Gasteiger charge is 2.19. The third-order valence-corrected chi connectivity index (χ3v) is 3.61. The molecule has 0 radical (unpaired) electrons. The average molecular weight is 355 g/mol. The van der Waals surface area contributed by atoms with Gasteiger partial charge in [0, 0.05) is 12.2 Å². The lowest BCUT2D eigenvalue weighted by Gasteiger charge is -2.14. The molecule has 2 rings (SSSR count). The normalized spacial score (nSPS) is 11.3. The second-order valence-electron chi connectivity index (χ2n) is 5.82. The lowest BCUT2D eigenvalue weighted by Crippen LogP contribution is -2.35. The predicted molar refractivity (Wildman–Crippen MR) is 97.6 cm³/mol. The minimum Gasteiger partial charge on any atom is -0.449 e. The molecule has 0 unspecified atom stereocenters. The fraction of sp³-hybridized carbons (Fsp3) is 0.211. The van der Waals surface area contributed by atoms with Crippen LogP contribution in [0.2, 0.25) is 0 Å². The molecule has 1 atom stereocenters. The summed E-state index contributed by atoms with van der Waals surface area (Å²) in [7, 11) is 0. The second kappa shape index (κ2) is 8.66. The minimum absolute atomic E-state index is 0.203. The van der Waals surface area contributed by atoms with Crippen molar-refractivity contribution in [1.29, 1.82) is 0 Å². The van der Waals surface area contributed by atoms with Crippen molar-refractivity contribution >= 4 is 23.6 Å². The number of nitrogens with one attached hydrogen (secondary N) is 2. The molecule has 0 aliphatic carbocycles. The summed E-state index contributed by atoms with van der Waals surface area (Å²) < 4.78 is 5.17. The Balaban J connectivity index is 1.90. The number of carbonyl (C=O) groups is 3.